The fourth-order valence-corrected chi connectivity index (χ4v) is 6.09. The van der Waals surface area contributed by atoms with Gasteiger partial charge in [0.2, 0.25) is 0 Å². The third kappa shape index (κ3) is 6.88. The van der Waals surface area contributed by atoms with Crippen LogP contribution in [0.15, 0.2) is 104 Å². The average molecular weight is 689 g/mol. The number of anilines is 2. The van der Waals surface area contributed by atoms with Gasteiger partial charge in [-0.25, -0.2) is 4.79 Å². The number of benzene rings is 5. The van der Waals surface area contributed by atoms with Gasteiger partial charge in [0.1, 0.15) is 16.3 Å². The molecule has 2 amide bonds. The van der Waals surface area contributed by atoms with Gasteiger partial charge in [-0.3, -0.25) is 13.7 Å². The molecule has 5 rings (SSSR count). The van der Waals surface area contributed by atoms with Crippen molar-refractivity contribution in [2.75, 3.05) is 10.6 Å². The fourth-order valence-electron chi connectivity index (χ4n) is 4.38. The summed E-state index contributed by atoms with van der Waals surface area (Å²) in [5.41, 5.74) is -0.538. The molecule has 0 saturated heterocycles. The number of nitrogens with zero attached hydrogens (tertiary/aromatic N) is 2. The van der Waals surface area contributed by atoms with Crippen LogP contribution in [-0.4, -0.2) is 55.2 Å². The molecule has 0 unspecified atom stereocenters. The molecule has 16 nitrogen and oxygen atoms in total. The number of hydrogen-bond donors (Lipinski definition) is 7. The standard InChI is InChI=1S/C27H20N4O12S3/c32-23-13-20(45(38,39)40)10-14-8-16(4-6-21(14)23)28-27(34)29-17-5-7-22-15(9-17)11-24(46(41,42)43)25(26(22)33)31-30-18-2-1-3-19(12-18)44(35,36)37/h1-13,32-33H,(H2,28,29,34)(H,35,36,37)(H,38,39,40)(H,41,42,43). The van der Waals surface area contributed by atoms with Crippen molar-refractivity contribution in [3.63, 3.8) is 0 Å². The zero-order chi connectivity index (χ0) is 33.6. The lowest BCUT2D eigenvalue weighted by molar-refractivity contribution is 0.262. The number of phenols is 2. The van der Waals surface area contributed by atoms with Crippen molar-refractivity contribution in [2.45, 2.75) is 14.7 Å². The lowest BCUT2D eigenvalue weighted by Gasteiger charge is -2.12. The molecule has 238 valence electrons. The summed E-state index contributed by atoms with van der Waals surface area (Å²) in [6, 6.07) is 14.8. The predicted octanol–water partition coefficient (Wildman–Crippen LogP) is 5.20. The topological polar surface area (TPSA) is 269 Å². The zero-order valence-electron chi connectivity index (χ0n) is 22.7. The van der Waals surface area contributed by atoms with Crippen LogP contribution in [0.5, 0.6) is 11.5 Å². The van der Waals surface area contributed by atoms with Crippen LogP contribution in [0.25, 0.3) is 21.5 Å². The number of azo groups is 1. The van der Waals surface area contributed by atoms with Crippen molar-refractivity contribution >= 4 is 80.7 Å². The average Bonchev–Trinajstić information content (AvgIpc) is 2.95. The van der Waals surface area contributed by atoms with Crippen LogP contribution in [0.1, 0.15) is 0 Å². The van der Waals surface area contributed by atoms with Crippen LogP contribution < -0.4 is 10.6 Å². The maximum atomic E-state index is 12.7. The Hall–Kier alpha value is -5.18. The second-order valence-corrected chi connectivity index (χ2v) is 13.8. The molecule has 0 aromatic heterocycles. The predicted molar refractivity (Wildman–Crippen MR) is 164 cm³/mol. The number of urea groups is 1. The molecule has 0 radical (unpaired) electrons. The van der Waals surface area contributed by atoms with E-state index < -0.39 is 68.3 Å². The van der Waals surface area contributed by atoms with Crippen molar-refractivity contribution in [1.29, 1.82) is 0 Å². The van der Waals surface area contributed by atoms with Crippen molar-refractivity contribution in [3.05, 3.63) is 78.9 Å². The van der Waals surface area contributed by atoms with Crippen LogP contribution in [0.4, 0.5) is 27.5 Å². The number of nitrogens with one attached hydrogen (secondary N) is 2. The quantitative estimate of drug-likeness (QED) is 0.0858. The molecule has 19 heteroatoms. The van der Waals surface area contributed by atoms with E-state index in [0.29, 0.717) is 0 Å². The van der Waals surface area contributed by atoms with Crippen molar-refractivity contribution in [2.24, 2.45) is 10.2 Å². The lowest BCUT2D eigenvalue weighted by atomic mass is 10.1. The molecule has 0 fully saturated rings. The molecule has 0 bridgehead atoms. The number of rotatable bonds is 7. The summed E-state index contributed by atoms with van der Waals surface area (Å²) in [6.07, 6.45) is 0. The largest absolute Gasteiger partial charge is 0.507 e. The number of aromatic hydroxyl groups is 2. The Morgan fingerprint density at radius 3 is 1.78 bits per heavy atom. The van der Waals surface area contributed by atoms with Crippen molar-refractivity contribution in [3.8, 4) is 11.5 Å². The number of fused-ring (bicyclic) bond motifs is 2. The first-order valence-corrected chi connectivity index (χ1v) is 16.8. The van der Waals surface area contributed by atoms with Crippen LogP contribution >= 0.6 is 0 Å². The summed E-state index contributed by atoms with van der Waals surface area (Å²) >= 11 is 0. The van der Waals surface area contributed by atoms with Crippen molar-refractivity contribution < 1.29 is 53.9 Å². The van der Waals surface area contributed by atoms with E-state index in [1.54, 1.807) is 0 Å². The van der Waals surface area contributed by atoms with Gasteiger partial charge in [-0.1, -0.05) is 6.07 Å². The first-order chi connectivity index (χ1) is 21.4. The van der Waals surface area contributed by atoms with Gasteiger partial charge in [-0.15, -0.1) is 5.11 Å². The van der Waals surface area contributed by atoms with Crippen LogP contribution in [0.3, 0.4) is 0 Å². The zero-order valence-corrected chi connectivity index (χ0v) is 25.2. The van der Waals surface area contributed by atoms with Gasteiger partial charge in [-0.05, 0) is 77.5 Å². The van der Waals surface area contributed by atoms with Gasteiger partial charge in [0.15, 0.2) is 5.75 Å². The van der Waals surface area contributed by atoms with Gasteiger partial charge in [0.05, 0.1) is 15.5 Å². The third-order valence-electron chi connectivity index (χ3n) is 6.43. The number of phenolic OH excluding ortho intramolecular Hbond substituents is 2. The summed E-state index contributed by atoms with van der Waals surface area (Å²) in [5.74, 6) is -1.14. The number of hydrogen-bond acceptors (Lipinski definition) is 11. The SMILES string of the molecule is O=C(Nc1ccc2c(O)cc(S(=O)(=O)O)cc2c1)Nc1ccc2c(O)c(N=Nc3cccc(S(=O)(=O)O)c3)c(S(=O)(=O)O)cc2c1. The van der Waals surface area contributed by atoms with Gasteiger partial charge < -0.3 is 20.8 Å². The van der Waals surface area contributed by atoms with E-state index in [9.17, 15) is 53.9 Å². The molecule has 0 aliphatic rings. The Labute approximate surface area is 259 Å². The second kappa shape index (κ2) is 11.6. The Kier molecular flexibility index (Phi) is 8.15. The summed E-state index contributed by atoms with van der Waals surface area (Å²) in [5, 5.41) is 33.9. The summed E-state index contributed by atoms with van der Waals surface area (Å²) in [4.78, 5) is 10.8. The lowest BCUT2D eigenvalue weighted by Crippen LogP contribution is -2.19. The minimum atomic E-state index is -5.01. The maximum absolute atomic E-state index is 12.7. The molecule has 0 aliphatic carbocycles. The highest BCUT2D eigenvalue weighted by atomic mass is 32.2. The Balaban J connectivity index is 1.44. The Morgan fingerprint density at radius 2 is 1.20 bits per heavy atom. The molecule has 0 spiro atoms. The molecule has 0 heterocycles. The number of carbonyl (C=O) groups excluding carboxylic acids is 1. The van der Waals surface area contributed by atoms with E-state index in [1.807, 2.05) is 0 Å². The first kappa shape index (κ1) is 32.2. The van der Waals surface area contributed by atoms with E-state index >= 15 is 0 Å². The summed E-state index contributed by atoms with van der Waals surface area (Å²) in [6.45, 7) is 0. The number of amides is 2. The van der Waals surface area contributed by atoms with E-state index in [4.69, 9.17) is 0 Å². The van der Waals surface area contributed by atoms with Crippen LogP contribution in [0, 0.1) is 0 Å². The van der Waals surface area contributed by atoms with E-state index in [2.05, 4.69) is 20.9 Å². The molecular weight excluding hydrogens is 669 g/mol. The smallest absolute Gasteiger partial charge is 0.323 e. The Bertz CT molecular complexity index is 2450. The summed E-state index contributed by atoms with van der Waals surface area (Å²) in [7, 11) is -14.2. The van der Waals surface area contributed by atoms with Gasteiger partial charge in [-0.2, -0.15) is 30.4 Å². The van der Waals surface area contributed by atoms with E-state index in [1.165, 1.54) is 48.5 Å². The van der Waals surface area contributed by atoms with E-state index in [0.717, 1.165) is 30.3 Å². The molecular formula is C27H20N4O12S3. The van der Waals surface area contributed by atoms with E-state index in [-0.39, 0.29) is 38.6 Å². The molecule has 0 aliphatic heterocycles. The first-order valence-electron chi connectivity index (χ1n) is 12.5. The van der Waals surface area contributed by atoms with Crippen LogP contribution in [-0.2, 0) is 30.4 Å². The maximum Gasteiger partial charge on any atom is 0.323 e. The van der Waals surface area contributed by atoms with Gasteiger partial charge >= 0.3 is 6.03 Å². The van der Waals surface area contributed by atoms with Gasteiger partial charge in [0.25, 0.3) is 30.4 Å². The molecule has 7 N–H and O–H groups in total. The monoisotopic (exact) mass is 688 g/mol. The van der Waals surface area contributed by atoms with Crippen LogP contribution in [0.2, 0.25) is 0 Å². The Morgan fingerprint density at radius 1 is 0.609 bits per heavy atom. The highest BCUT2D eigenvalue weighted by Crippen LogP contribution is 2.42. The third-order valence-corrected chi connectivity index (χ3v) is 8.98. The second-order valence-electron chi connectivity index (χ2n) is 9.59. The normalized spacial score (nSPS) is 12.5. The minimum absolute atomic E-state index is 0.0305. The summed E-state index contributed by atoms with van der Waals surface area (Å²) < 4.78 is 98.6. The fraction of sp³-hybridized carbons (Fsp3) is 0. The molecule has 5 aromatic carbocycles. The highest BCUT2D eigenvalue weighted by Gasteiger charge is 2.23. The minimum Gasteiger partial charge on any atom is -0.507 e. The number of carbonyl (C=O) groups is 1. The highest BCUT2D eigenvalue weighted by molar-refractivity contribution is 7.86. The van der Waals surface area contributed by atoms with Gasteiger partial charge in [0, 0.05) is 28.2 Å². The van der Waals surface area contributed by atoms with Crippen molar-refractivity contribution in [1.82, 2.24) is 0 Å². The molecule has 0 atom stereocenters. The molecule has 5 aromatic rings. The molecule has 0 saturated carbocycles. The molecule has 46 heavy (non-hydrogen) atoms.